The molecule has 15 heavy (non-hydrogen) atoms. The topological polar surface area (TPSA) is 0 Å². The van der Waals surface area contributed by atoms with E-state index in [1.54, 1.807) is 0 Å². The second-order valence-electron chi connectivity index (χ2n) is 5.39. The molecule has 92 valence electrons. The third-order valence-corrected chi connectivity index (χ3v) is 3.40. The number of quaternary nitrogens is 1. The molecule has 0 aliphatic heterocycles. The van der Waals surface area contributed by atoms with Crippen LogP contribution in [0.2, 0.25) is 0 Å². The molecule has 0 aromatic carbocycles. The van der Waals surface area contributed by atoms with Gasteiger partial charge in [0.15, 0.2) is 0 Å². The lowest BCUT2D eigenvalue weighted by Gasteiger charge is -2.39. The van der Waals surface area contributed by atoms with Crippen molar-refractivity contribution >= 4 is 0 Å². The molecular weight excluding hydrogens is 182 g/mol. The Balaban J connectivity index is 4.30. The van der Waals surface area contributed by atoms with E-state index in [0.29, 0.717) is 0 Å². The van der Waals surface area contributed by atoms with Gasteiger partial charge in [-0.25, -0.2) is 0 Å². The fourth-order valence-electron chi connectivity index (χ4n) is 2.50. The van der Waals surface area contributed by atoms with Crippen LogP contribution in [0, 0.1) is 5.92 Å². The Hall–Kier alpha value is -0.0400. The summed E-state index contributed by atoms with van der Waals surface area (Å²) in [6.07, 6.45) is 5.46. The SMILES string of the molecule is CCCC[N+](CC)(CCCC)CC(C)C. The van der Waals surface area contributed by atoms with E-state index in [-0.39, 0.29) is 0 Å². The quantitative estimate of drug-likeness (QED) is 0.507. The second-order valence-corrected chi connectivity index (χ2v) is 5.39. The zero-order valence-electron chi connectivity index (χ0n) is 11.7. The van der Waals surface area contributed by atoms with Crippen LogP contribution >= 0.6 is 0 Å². The van der Waals surface area contributed by atoms with Crippen molar-refractivity contribution in [3.8, 4) is 0 Å². The Bertz CT molecular complexity index is 132. The Kier molecular flexibility index (Phi) is 8.13. The molecule has 0 aromatic heterocycles. The molecule has 0 aromatic rings. The minimum Gasteiger partial charge on any atom is -0.324 e. The van der Waals surface area contributed by atoms with Gasteiger partial charge in [0.2, 0.25) is 0 Å². The Morgan fingerprint density at radius 1 is 0.867 bits per heavy atom. The molecule has 0 amide bonds. The first-order valence-corrected chi connectivity index (χ1v) is 6.95. The molecule has 0 N–H and O–H groups in total. The van der Waals surface area contributed by atoms with Crippen molar-refractivity contribution in [2.45, 2.75) is 60.3 Å². The lowest BCUT2D eigenvalue weighted by atomic mass is 10.1. The van der Waals surface area contributed by atoms with Gasteiger partial charge in [0.25, 0.3) is 0 Å². The lowest BCUT2D eigenvalue weighted by Crippen LogP contribution is -2.51. The van der Waals surface area contributed by atoms with E-state index in [1.807, 2.05) is 0 Å². The molecule has 0 bridgehead atoms. The number of nitrogens with zero attached hydrogens (tertiary/aromatic N) is 1. The van der Waals surface area contributed by atoms with Gasteiger partial charge >= 0.3 is 0 Å². The van der Waals surface area contributed by atoms with Crippen molar-refractivity contribution in [2.24, 2.45) is 5.92 Å². The molecule has 0 radical (unpaired) electrons. The molecule has 1 nitrogen and oxygen atoms in total. The molecule has 0 fully saturated rings. The molecule has 0 atom stereocenters. The van der Waals surface area contributed by atoms with Crippen molar-refractivity contribution in [2.75, 3.05) is 26.2 Å². The summed E-state index contributed by atoms with van der Waals surface area (Å²) in [7, 11) is 0. The molecule has 0 aliphatic carbocycles. The van der Waals surface area contributed by atoms with Crippen molar-refractivity contribution in [1.82, 2.24) is 0 Å². The Morgan fingerprint density at radius 2 is 1.33 bits per heavy atom. The minimum absolute atomic E-state index is 0.832. The van der Waals surface area contributed by atoms with Gasteiger partial charge in [-0.15, -0.1) is 0 Å². The number of rotatable bonds is 9. The molecule has 0 unspecified atom stereocenters. The summed E-state index contributed by atoms with van der Waals surface area (Å²) in [5.41, 5.74) is 0. The molecule has 0 heterocycles. The van der Waals surface area contributed by atoms with Crippen LogP contribution in [0.4, 0.5) is 0 Å². The van der Waals surface area contributed by atoms with Gasteiger partial charge in [0.1, 0.15) is 0 Å². The Labute approximate surface area is 97.5 Å². The van der Waals surface area contributed by atoms with E-state index in [0.717, 1.165) is 5.92 Å². The van der Waals surface area contributed by atoms with Crippen LogP contribution in [0.5, 0.6) is 0 Å². The lowest BCUT2D eigenvalue weighted by molar-refractivity contribution is -0.929. The second kappa shape index (κ2) is 8.15. The van der Waals surface area contributed by atoms with Gasteiger partial charge in [0.05, 0.1) is 26.2 Å². The first-order chi connectivity index (χ1) is 7.10. The Morgan fingerprint density at radius 3 is 1.60 bits per heavy atom. The molecule has 0 saturated heterocycles. The van der Waals surface area contributed by atoms with E-state index >= 15 is 0 Å². The van der Waals surface area contributed by atoms with Crippen LogP contribution in [-0.4, -0.2) is 30.7 Å². The van der Waals surface area contributed by atoms with Crippen LogP contribution in [-0.2, 0) is 0 Å². The summed E-state index contributed by atoms with van der Waals surface area (Å²) >= 11 is 0. The monoisotopic (exact) mass is 214 g/mol. The standard InChI is InChI=1S/C14H32N/c1-6-9-11-15(8-3,12-10-7-2)13-14(4)5/h14H,6-13H2,1-5H3/q+1. The van der Waals surface area contributed by atoms with Gasteiger partial charge in [-0.3, -0.25) is 0 Å². The van der Waals surface area contributed by atoms with Crippen molar-refractivity contribution in [1.29, 1.82) is 0 Å². The first-order valence-electron chi connectivity index (χ1n) is 6.95. The third-order valence-electron chi connectivity index (χ3n) is 3.40. The zero-order valence-corrected chi connectivity index (χ0v) is 11.7. The van der Waals surface area contributed by atoms with Crippen LogP contribution in [0.15, 0.2) is 0 Å². The molecule has 0 aliphatic rings. The normalized spacial score (nSPS) is 12.4. The van der Waals surface area contributed by atoms with E-state index in [2.05, 4.69) is 34.6 Å². The first kappa shape index (κ1) is 15.0. The largest absolute Gasteiger partial charge is 0.324 e. The fraction of sp³-hybridized carbons (Fsp3) is 1.00. The average Bonchev–Trinajstić information content (AvgIpc) is 2.22. The van der Waals surface area contributed by atoms with Gasteiger partial charge in [0, 0.05) is 5.92 Å². The number of hydrogen-bond donors (Lipinski definition) is 0. The minimum atomic E-state index is 0.832. The van der Waals surface area contributed by atoms with Crippen molar-refractivity contribution in [3.63, 3.8) is 0 Å². The summed E-state index contributed by atoms with van der Waals surface area (Å²) < 4.78 is 1.36. The molecule has 0 rings (SSSR count). The van der Waals surface area contributed by atoms with Gasteiger partial charge in [-0.05, 0) is 19.8 Å². The smallest absolute Gasteiger partial charge is 0.0809 e. The summed E-state index contributed by atoms with van der Waals surface area (Å²) in [5, 5.41) is 0. The summed E-state index contributed by atoms with van der Waals surface area (Å²) in [4.78, 5) is 0. The number of unbranched alkanes of at least 4 members (excludes halogenated alkanes) is 2. The predicted octanol–water partition coefficient (Wildman–Crippen LogP) is 4.08. The third kappa shape index (κ3) is 6.19. The van der Waals surface area contributed by atoms with Crippen LogP contribution in [0.3, 0.4) is 0 Å². The van der Waals surface area contributed by atoms with Crippen molar-refractivity contribution < 1.29 is 4.48 Å². The van der Waals surface area contributed by atoms with E-state index in [1.165, 1.54) is 56.3 Å². The number of hydrogen-bond acceptors (Lipinski definition) is 0. The van der Waals surface area contributed by atoms with Gasteiger partial charge in [-0.1, -0.05) is 40.5 Å². The molecular formula is C14H32N+. The summed E-state index contributed by atoms with van der Waals surface area (Å²) in [6, 6.07) is 0. The summed E-state index contributed by atoms with van der Waals surface area (Å²) in [6.45, 7) is 17.2. The molecule has 0 spiro atoms. The molecule has 0 saturated carbocycles. The van der Waals surface area contributed by atoms with E-state index in [4.69, 9.17) is 0 Å². The van der Waals surface area contributed by atoms with Gasteiger partial charge in [-0.2, -0.15) is 0 Å². The summed E-state index contributed by atoms with van der Waals surface area (Å²) in [5.74, 6) is 0.832. The highest BCUT2D eigenvalue weighted by molar-refractivity contribution is 4.49. The highest BCUT2D eigenvalue weighted by atomic mass is 15.3. The van der Waals surface area contributed by atoms with Gasteiger partial charge < -0.3 is 4.48 Å². The highest BCUT2D eigenvalue weighted by Gasteiger charge is 2.24. The van der Waals surface area contributed by atoms with Crippen LogP contribution in [0.25, 0.3) is 0 Å². The van der Waals surface area contributed by atoms with Crippen LogP contribution in [0.1, 0.15) is 60.3 Å². The predicted molar refractivity (Wildman–Crippen MR) is 70.1 cm³/mol. The fourth-order valence-corrected chi connectivity index (χ4v) is 2.50. The highest BCUT2D eigenvalue weighted by Crippen LogP contribution is 2.15. The average molecular weight is 214 g/mol. The maximum atomic E-state index is 2.37. The van der Waals surface area contributed by atoms with Crippen LogP contribution < -0.4 is 0 Å². The maximum absolute atomic E-state index is 2.37. The van der Waals surface area contributed by atoms with Crippen molar-refractivity contribution in [3.05, 3.63) is 0 Å². The zero-order chi connectivity index (χ0) is 11.7. The maximum Gasteiger partial charge on any atom is 0.0809 e. The van der Waals surface area contributed by atoms with E-state index < -0.39 is 0 Å². The molecule has 1 heteroatoms. The van der Waals surface area contributed by atoms with E-state index in [9.17, 15) is 0 Å².